The van der Waals surface area contributed by atoms with Crippen molar-refractivity contribution < 1.29 is 28.9 Å². The number of fused-ring (bicyclic) bond motifs is 3. The number of carbonyl (C=O) groups is 2. The monoisotopic (exact) mass is 414 g/mol. The summed E-state index contributed by atoms with van der Waals surface area (Å²) in [6.07, 6.45) is -0.0985. The Bertz CT molecular complexity index is 881. The zero-order chi connectivity index (χ0) is 22.1. The molecule has 0 heterocycles. The van der Waals surface area contributed by atoms with Gasteiger partial charge in [0.2, 0.25) is 0 Å². The lowest BCUT2D eigenvalue weighted by atomic mass is 9.54. The van der Waals surface area contributed by atoms with Crippen molar-refractivity contribution in [3.05, 3.63) is 53.3 Å². The highest BCUT2D eigenvalue weighted by molar-refractivity contribution is 6.02. The van der Waals surface area contributed by atoms with Crippen molar-refractivity contribution >= 4 is 17.5 Å². The molecule has 0 saturated carbocycles. The van der Waals surface area contributed by atoms with E-state index in [0.29, 0.717) is 17.8 Å². The molecule has 162 valence electrons. The number of aliphatic hydroxyl groups excluding tert-OH is 1. The highest BCUT2D eigenvalue weighted by atomic mass is 16.6. The maximum atomic E-state index is 13.2. The van der Waals surface area contributed by atoms with Gasteiger partial charge in [0.1, 0.15) is 5.76 Å². The van der Waals surface area contributed by atoms with E-state index in [-0.39, 0.29) is 26.1 Å². The molecule has 1 aromatic rings. The van der Waals surface area contributed by atoms with Crippen molar-refractivity contribution in [3.8, 4) is 0 Å². The van der Waals surface area contributed by atoms with E-state index in [9.17, 15) is 14.7 Å². The molecule has 6 heteroatoms. The first-order chi connectivity index (χ1) is 14.2. The molecule has 6 nitrogen and oxygen atoms in total. The number of benzene rings is 1. The summed E-state index contributed by atoms with van der Waals surface area (Å²) in [4.78, 5) is 26.3. The van der Waals surface area contributed by atoms with Crippen molar-refractivity contribution in [2.45, 2.75) is 46.1 Å². The van der Waals surface area contributed by atoms with Gasteiger partial charge in [-0.2, -0.15) is 0 Å². The first kappa shape index (κ1) is 22.1. The molecule has 0 saturated heterocycles. The molecule has 0 aliphatic heterocycles. The third-order valence-corrected chi connectivity index (χ3v) is 6.22. The highest BCUT2D eigenvalue weighted by Crippen LogP contribution is 2.61. The van der Waals surface area contributed by atoms with E-state index in [1.54, 1.807) is 13.8 Å². The van der Waals surface area contributed by atoms with Crippen molar-refractivity contribution in [1.29, 1.82) is 0 Å². The Morgan fingerprint density at radius 2 is 1.77 bits per heavy atom. The maximum absolute atomic E-state index is 13.2. The molecule has 30 heavy (non-hydrogen) atoms. The Morgan fingerprint density at radius 3 is 2.33 bits per heavy atom. The maximum Gasteiger partial charge on any atom is 0.323 e. The predicted molar refractivity (Wildman–Crippen MR) is 112 cm³/mol. The highest BCUT2D eigenvalue weighted by Gasteiger charge is 2.59. The SMILES string of the molecule is C=C(OC)C1=C2c3ccccc3[C@@H](O)C[C@@]2(C)CC(C(=O)OCC)(C(=O)OCC)C1. The minimum atomic E-state index is -1.52. The van der Waals surface area contributed by atoms with E-state index < -0.39 is 28.9 Å². The molecule has 0 fully saturated rings. The van der Waals surface area contributed by atoms with Gasteiger partial charge in [-0.15, -0.1) is 0 Å². The van der Waals surface area contributed by atoms with Crippen LogP contribution < -0.4 is 0 Å². The minimum Gasteiger partial charge on any atom is -0.497 e. The fourth-order valence-electron chi connectivity index (χ4n) is 5.06. The molecule has 2 atom stereocenters. The van der Waals surface area contributed by atoms with Crippen molar-refractivity contribution in [2.75, 3.05) is 20.3 Å². The van der Waals surface area contributed by atoms with E-state index in [1.807, 2.05) is 31.2 Å². The Morgan fingerprint density at radius 1 is 1.17 bits per heavy atom. The van der Waals surface area contributed by atoms with Crippen LogP contribution in [0.25, 0.3) is 5.57 Å². The predicted octanol–water partition coefficient (Wildman–Crippen LogP) is 3.95. The Labute approximate surface area is 177 Å². The third kappa shape index (κ3) is 3.43. The van der Waals surface area contributed by atoms with Crippen LogP contribution in [0.2, 0.25) is 0 Å². The quantitative estimate of drug-likeness (QED) is 0.431. The first-order valence-electron chi connectivity index (χ1n) is 10.3. The van der Waals surface area contributed by atoms with Crippen LogP contribution in [0.15, 0.2) is 42.2 Å². The number of hydrogen-bond acceptors (Lipinski definition) is 6. The molecule has 0 amide bonds. The van der Waals surface area contributed by atoms with Gasteiger partial charge in [0.25, 0.3) is 0 Å². The van der Waals surface area contributed by atoms with E-state index >= 15 is 0 Å². The molecule has 3 rings (SSSR count). The normalized spacial score (nSPS) is 24.4. The number of rotatable bonds is 6. The molecule has 1 aromatic carbocycles. The molecule has 0 aromatic heterocycles. The topological polar surface area (TPSA) is 82.1 Å². The molecular weight excluding hydrogens is 384 g/mol. The van der Waals surface area contributed by atoms with Gasteiger partial charge in [-0.05, 0) is 54.4 Å². The van der Waals surface area contributed by atoms with Gasteiger partial charge in [-0.1, -0.05) is 37.8 Å². The summed E-state index contributed by atoms with van der Waals surface area (Å²) in [5, 5.41) is 10.9. The summed E-state index contributed by atoms with van der Waals surface area (Å²) in [5.74, 6) is -0.836. The smallest absolute Gasteiger partial charge is 0.323 e. The van der Waals surface area contributed by atoms with Gasteiger partial charge in [0, 0.05) is 6.42 Å². The minimum absolute atomic E-state index is 0.0761. The lowest BCUT2D eigenvalue weighted by Crippen LogP contribution is -2.50. The molecular formula is C24H30O6. The summed E-state index contributed by atoms with van der Waals surface area (Å²) in [6, 6.07) is 7.66. The summed E-state index contributed by atoms with van der Waals surface area (Å²) >= 11 is 0. The van der Waals surface area contributed by atoms with Crippen LogP contribution in [-0.2, 0) is 23.8 Å². The number of allylic oxidation sites excluding steroid dienone is 2. The van der Waals surface area contributed by atoms with E-state index in [4.69, 9.17) is 14.2 Å². The first-order valence-corrected chi connectivity index (χ1v) is 10.3. The van der Waals surface area contributed by atoms with E-state index in [1.165, 1.54) is 7.11 Å². The zero-order valence-electron chi connectivity index (χ0n) is 18.1. The number of aliphatic hydroxyl groups is 1. The number of ether oxygens (including phenoxy) is 3. The molecule has 2 aliphatic rings. The van der Waals surface area contributed by atoms with Crippen LogP contribution in [0.3, 0.4) is 0 Å². The number of hydrogen-bond donors (Lipinski definition) is 1. The summed E-state index contributed by atoms with van der Waals surface area (Å²) < 4.78 is 16.2. The second kappa shape index (κ2) is 8.26. The fraction of sp³-hybridized carbons (Fsp3) is 0.500. The van der Waals surface area contributed by atoms with Gasteiger partial charge >= 0.3 is 11.9 Å². The van der Waals surface area contributed by atoms with Gasteiger partial charge in [0.05, 0.1) is 26.4 Å². The molecule has 2 aliphatic carbocycles. The molecule has 0 spiro atoms. The molecule has 0 radical (unpaired) electrons. The van der Waals surface area contributed by atoms with Gasteiger partial charge in [-0.3, -0.25) is 9.59 Å². The Hall–Kier alpha value is -2.60. The average Bonchev–Trinajstić information content (AvgIpc) is 2.72. The van der Waals surface area contributed by atoms with Gasteiger partial charge in [-0.25, -0.2) is 0 Å². The summed E-state index contributed by atoms with van der Waals surface area (Å²) in [5.41, 5.74) is 1.17. The third-order valence-electron chi connectivity index (χ3n) is 6.22. The van der Waals surface area contributed by atoms with Crippen LogP contribution in [0.4, 0.5) is 0 Å². The van der Waals surface area contributed by atoms with E-state index in [2.05, 4.69) is 6.58 Å². The Balaban J connectivity index is 2.29. The Kier molecular flexibility index (Phi) is 6.09. The lowest BCUT2D eigenvalue weighted by molar-refractivity contribution is -0.175. The molecule has 1 N–H and O–H groups in total. The fourth-order valence-corrected chi connectivity index (χ4v) is 5.06. The van der Waals surface area contributed by atoms with Gasteiger partial charge in [0.15, 0.2) is 5.41 Å². The van der Waals surface area contributed by atoms with Gasteiger partial charge < -0.3 is 19.3 Å². The second-order valence-corrected chi connectivity index (χ2v) is 8.23. The number of methoxy groups -OCH3 is 1. The number of carbonyl (C=O) groups excluding carboxylic acids is 2. The molecule has 0 unspecified atom stereocenters. The second-order valence-electron chi connectivity index (χ2n) is 8.23. The lowest BCUT2D eigenvalue weighted by Gasteiger charge is -2.49. The molecule has 0 bridgehead atoms. The summed E-state index contributed by atoms with van der Waals surface area (Å²) in [6.45, 7) is 9.73. The van der Waals surface area contributed by atoms with Crippen molar-refractivity contribution in [2.24, 2.45) is 10.8 Å². The van der Waals surface area contributed by atoms with Crippen LogP contribution in [-0.4, -0.2) is 37.4 Å². The van der Waals surface area contributed by atoms with Crippen molar-refractivity contribution in [1.82, 2.24) is 0 Å². The van der Waals surface area contributed by atoms with Crippen molar-refractivity contribution in [3.63, 3.8) is 0 Å². The van der Waals surface area contributed by atoms with Crippen LogP contribution >= 0.6 is 0 Å². The van der Waals surface area contributed by atoms with Crippen LogP contribution in [0.5, 0.6) is 0 Å². The van der Waals surface area contributed by atoms with E-state index in [0.717, 1.165) is 16.7 Å². The van der Waals surface area contributed by atoms with Crippen LogP contribution in [0, 0.1) is 10.8 Å². The van der Waals surface area contributed by atoms with Crippen LogP contribution in [0.1, 0.15) is 57.3 Å². The largest absolute Gasteiger partial charge is 0.497 e. The average molecular weight is 414 g/mol. The standard InChI is InChI=1S/C24H30O6/c1-6-29-21(26)24(22(27)30-7-2)12-18(15(3)28-5)20-17-11-9-8-10-16(17)19(25)13-23(20,4)14-24/h8-11,19,25H,3,6-7,12-14H2,1-2,4-5H3/t19-,23-/m0/s1. The number of esters is 2. The summed E-state index contributed by atoms with van der Waals surface area (Å²) in [7, 11) is 1.52. The zero-order valence-corrected chi connectivity index (χ0v) is 18.1.